The third-order valence-corrected chi connectivity index (χ3v) is 5.63. The van der Waals surface area contributed by atoms with Gasteiger partial charge in [0, 0.05) is 28.8 Å². The number of hydrogen-bond donors (Lipinski definition) is 2. The lowest BCUT2D eigenvalue weighted by Gasteiger charge is -2.19. The lowest BCUT2D eigenvalue weighted by atomic mass is 9.87. The molecular formula is C26H28N4O. The number of hydrogen-bond acceptors (Lipinski definition) is 3. The fourth-order valence-corrected chi connectivity index (χ4v) is 3.74. The van der Waals surface area contributed by atoms with E-state index in [9.17, 15) is 4.79 Å². The molecule has 2 aromatic heterocycles. The van der Waals surface area contributed by atoms with Crippen molar-refractivity contribution in [2.24, 2.45) is 0 Å². The van der Waals surface area contributed by atoms with Crippen molar-refractivity contribution < 1.29 is 4.79 Å². The highest BCUT2D eigenvalue weighted by Gasteiger charge is 2.15. The van der Waals surface area contributed by atoms with Crippen molar-refractivity contribution in [2.75, 3.05) is 0 Å². The summed E-state index contributed by atoms with van der Waals surface area (Å²) < 4.78 is 0. The number of nitrogens with one attached hydrogen (secondary N) is 2. The van der Waals surface area contributed by atoms with E-state index in [1.54, 1.807) is 6.33 Å². The van der Waals surface area contributed by atoms with Gasteiger partial charge in [-0.15, -0.1) is 0 Å². The molecule has 0 atom stereocenters. The van der Waals surface area contributed by atoms with E-state index in [-0.39, 0.29) is 11.3 Å². The number of H-pyrrole nitrogens is 1. The largest absolute Gasteiger partial charge is 0.348 e. The minimum absolute atomic E-state index is 0.0655. The molecule has 0 aliphatic heterocycles. The quantitative estimate of drug-likeness (QED) is 0.467. The Morgan fingerprint density at radius 1 is 1.00 bits per heavy atom. The molecule has 2 heterocycles. The second kappa shape index (κ2) is 7.99. The first-order valence-electron chi connectivity index (χ1n) is 10.5. The molecular weight excluding hydrogens is 384 g/mol. The van der Waals surface area contributed by atoms with Crippen LogP contribution in [0.1, 0.15) is 53.5 Å². The third-order valence-electron chi connectivity index (χ3n) is 5.63. The Morgan fingerprint density at radius 2 is 1.74 bits per heavy atom. The number of rotatable bonds is 4. The monoisotopic (exact) mass is 412 g/mol. The van der Waals surface area contributed by atoms with Crippen molar-refractivity contribution >= 4 is 16.9 Å². The average Bonchev–Trinajstić information content (AvgIpc) is 3.12. The van der Waals surface area contributed by atoms with E-state index in [1.807, 2.05) is 31.2 Å². The molecule has 158 valence electrons. The Morgan fingerprint density at radius 3 is 2.42 bits per heavy atom. The van der Waals surface area contributed by atoms with Crippen LogP contribution in [0.3, 0.4) is 0 Å². The zero-order valence-electron chi connectivity index (χ0n) is 18.7. The van der Waals surface area contributed by atoms with Gasteiger partial charge in [0.25, 0.3) is 5.91 Å². The fraction of sp³-hybridized carbons (Fsp3) is 0.269. The smallest absolute Gasteiger partial charge is 0.251 e. The van der Waals surface area contributed by atoms with Crippen LogP contribution in [0.2, 0.25) is 0 Å². The molecule has 1 amide bonds. The molecule has 0 spiro atoms. The Labute approximate surface area is 183 Å². The summed E-state index contributed by atoms with van der Waals surface area (Å²) in [6.07, 6.45) is 1.59. The van der Waals surface area contributed by atoms with E-state index in [2.05, 4.69) is 72.2 Å². The number of amides is 1. The molecule has 4 rings (SSSR count). The van der Waals surface area contributed by atoms with Crippen molar-refractivity contribution in [3.8, 4) is 11.3 Å². The summed E-state index contributed by atoms with van der Waals surface area (Å²) >= 11 is 0. The van der Waals surface area contributed by atoms with E-state index < -0.39 is 0 Å². The first-order chi connectivity index (χ1) is 14.7. The number of aryl methyl sites for hydroxylation is 2. The minimum atomic E-state index is -0.0655. The molecule has 0 unspecified atom stereocenters. The van der Waals surface area contributed by atoms with Crippen LogP contribution >= 0.6 is 0 Å². The topological polar surface area (TPSA) is 70.7 Å². The van der Waals surface area contributed by atoms with Crippen LogP contribution in [0.25, 0.3) is 22.3 Å². The Kier molecular flexibility index (Phi) is 5.36. The van der Waals surface area contributed by atoms with E-state index in [1.165, 1.54) is 5.56 Å². The standard InChI is InChI=1S/C26H28N4O/c1-16-12-19(23-22-13-17(2)30-24(22)29-15-28-23)6-7-20(16)14-27-25(31)18-8-10-21(11-9-18)26(3,4)5/h6-13,15H,14H2,1-5H3,(H,27,31)(H,28,29,30). The fourth-order valence-electron chi connectivity index (χ4n) is 3.74. The molecule has 0 radical (unpaired) electrons. The molecule has 4 aromatic rings. The van der Waals surface area contributed by atoms with Gasteiger partial charge in [0.1, 0.15) is 12.0 Å². The van der Waals surface area contributed by atoms with E-state index in [0.717, 1.165) is 39.1 Å². The lowest BCUT2D eigenvalue weighted by Crippen LogP contribution is -2.23. The molecule has 0 fully saturated rings. The maximum atomic E-state index is 12.6. The second-order valence-corrected chi connectivity index (χ2v) is 9.09. The van der Waals surface area contributed by atoms with Gasteiger partial charge < -0.3 is 10.3 Å². The van der Waals surface area contributed by atoms with Gasteiger partial charge in [0.15, 0.2) is 0 Å². The van der Waals surface area contributed by atoms with Crippen molar-refractivity contribution in [1.82, 2.24) is 20.3 Å². The predicted molar refractivity (Wildman–Crippen MR) is 125 cm³/mol. The SMILES string of the molecule is Cc1cc2c(-c3ccc(CNC(=O)c4ccc(C(C)(C)C)cc4)c(C)c3)ncnc2[nH]1. The summed E-state index contributed by atoms with van der Waals surface area (Å²) in [6, 6.07) is 16.1. The maximum absolute atomic E-state index is 12.6. The van der Waals surface area contributed by atoms with Gasteiger partial charge >= 0.3 is 0 Å². The zero-order chi connectivity index (χ0) is 22.2. The zero-order valence-corrected chi connectivity index (χ0v) is 18.7. The maximum Gasteiger partial charge on any atom is 0.251 e. The molecule has 0 saturated carbocycles. The highest BCUT2D eigenvalue weighted by molar-refractivity contribution is 5.94. The molecule has 31 heavy (non-hydrogen) atoms. The van der Waals surface area contributed by atoms with Crippen LogP contribution in [0.4, 0.5) is 0 Å². The number of fused-ring (bicyclic) bond motifs is 1. The summed E-state index contributed by atoms with van der Waals surface area (Å²) in [4.78, 5) is 24.7. The van der Waals surface area contributed by atoms with Gasteiger partial charge in [-0.25, -0.2) is 9.97 Å². The summed E-state index contributed by atoms with van der Waals surface area (Å²) in [7, 11) is 0. The molecule has 2 N–H and O–H groups in total. The van der Waals surface area contributed by atoms with Crippen LogP contribution in [-0.4, -0.2) is 20.9 Å². The molecule has 2 aromatic carbocycles. The number of nitrogens with zero attached hydrogens (tertiary/aromatic N) is 2. The summed E-state index contributed by atoms with van der Waals surface area (Å²) in [5, 5.41) is 4.05. The molecule has 5 heteroatoms. The number of benzene rings is 2. The Bertz CT molecular complexity index is 1250. The molecule has 5 nitrogen and oxygen atoms in total. The van der Waals surface area contributed by atoms with E-state index >= 15 is 0 Å². The van der Waals surface area contributed by atoms with Crippen molar-refractivity contribution in [3.63, 3.8) is 0 Å². The van der Waals surface area contributed by atoms with Crippen LogP contribution < -0.4 is 5.32 Å². The first-order valence-corrected chi connectivity index (χ1v) is 10.5. The Hall–Kier alpha value is -3.47. The minimum Gasteiger partial charge on any atom is -0.348 e. The number of aromatic amines is 1. The van der Waals surface area contributed by atoms with Gasteiger partial charge in [0.2, 0.25) is 0 Å². The first kappa shape index (κ1) is 20.8. The highest BCUT2D eigenvalue weighted by atomic mass is 16.1. The van der Waals surface area contributed by atoms with Gasteiger partial charge in [-0.05, 0) is 60.2 Å². The highest BCUT2D eigenvalue weighted by Crippen LogP contribution is 2.27. The predicted octanol–water partition coefficient (Wildman–Crippen LogP) is 5.47. The van der Waals surface area contributed by atoms with Gasteiger partial charge in [0.05, 0.1) is 5.69 Å². The molecule has 0 aliphatic rings. The molecule has 0 saturated heterocycles. The van der Waals surface area contributed by atoms with Crippen LogP contribution in [0.5, 0.6) is 0 Å². The molecule has 0 bridgehead atoms. The third kappa shape index (κ3) is 4.36. The van der Waals surface area contributed by atoms with Crippen LogP contribution in [-0.2, 0) is 12.0 Å². The number of carbonyl (C=O) groups is 1. The molecule has 0 aliphatic carbocycles. The summed E-state index contributed by atoms with van der Waals surface area (Å²) in [5.41, 5.74) is 8.00. The van der Waals surface area contributed by atoms with Crippen LogP contribution in [0, 0.1) is 13.8 Å². The van der Waals surface area contributed by atoms with Crippen LogP contribution in [0.15, 0.2) is 54.9 Å². The van der Waals surface area contributed by atoms with E-state index in [4.69, 9.17) is 0 Å². The van der Waals surface area contributed by atoms with Crippen molar-refractivity contribution in [3.05, 3.63) is 82.8 Å². The summed E-state index contributed by atoms with van der Waals surface area (Å²) in [5.74, 6) is -0.0655. The van der Waals surface area contributed by atoms with E-state index in [0.29, 0.717) is 12.1 Å². The van der Waals surface area contributed by atoms with Gasteiger partial charge in [-0.2, -0.15) is 0 Å². The van der Waals surface area contributed by atoms with Crippen molar-refractivity contribution in [1.29, 1.82) is 0 Å². The lowest BCUT2D eigenvalue weighted by molar-refractivity contribution is 0.0951. The normalized spacial score (nSPS) is 11.6. The number of carbonyl (C=O) groups excluding carboxylic acids is 1. The number of aromatic nitrogens is 3. The second-order valence-electron chi connectivity index (χ2n) is 9.09. The average molecular weight is 413 g/mol. The summed E-state index contributed by atoms with van der Waals surface area (Å²) in [6.45, 7) is 11.0. The van der Waals surface area contributed by atoms with Gasteiger partial charge in [-0.1, -0.05) is 45.0 Å². The van der Waals surface area contributed by atoms with Gasteiger partial charge in [-0.3, -0.25) is 4.79 Å². The van der Waals surface area contributed by atoms with Crippen molar-refractivity contribution in [2.45, 2.75) is 46.6 Å². The Balaban J connectivity index is 1.49.